The molecule has 0 aromatic heterocycles. The van der Waals surface area contributed by atoms with Crippen LogP contribution in [0.25, 0.3) is 0 Å². The Bertz CT molecular complexity index is 749. The first-order valence-electron chi connectivity index (χ1n) is 8.10. The lowest BCUT2D eigenvalue weighted by molar-refractivity contribution is 0.0846. The van der Waals surface area contributed by atoms with Gasteiger partial charge in [-0.05, 0) is 47.1 Å². The van der Waals surface area contributed by atoms with Crippen LogP contribution in [0.15, 0.2) is 48.5 Å². The van der Waals surface area contributed by atoms with E-state index in [1.54, 1.807) is 30.0 Å². The summed E-state index contributed by atoms with van der Waals surface area (Å²) in [4.78, 5) is 24.4. The van der Waals surface area contributed by atoms with E-state index < -0.39 is 0 Å². The van der Waals surface area contributed by atoms with E-state index in [0.717, 1.165) is 16.9 Å². The van der Waals surface area contributed by atoms with Crippen LogP contribution in [-0.4, -0.2) is 18.1 Å². The molecule has 0 saturated carbocycles. The van der Waals surface area contributed by atoms with Crippen LogP contribution in [0.5, 0.6) is 0 Å². The van der Waals surface area contributed by atoms with Crippen LogP contribution in [0.4, 0.5) is 0 Å². The van der Waals surface area contributed by atoms with Crippen molar-refractivity contribution in [3.63, 3.8) is 0 Å². The molecule has 0 fully saturated rings. The number of amides is 2. The van der Waals surface area contributed by atoms with Crippen molar-refractivity contribution in [2.45, 2.75) is 31.9 Å². The van der Waals surface area contributed by atoms with E-state index >= 15 is 0 Å². The van der Waals surface area contributed by atoms with E-state index in [9.17, 15) is 9.59 Å². The SMILES string of the molecule is CSCc1cccc(C(=O)NNC(=O)c2ccc(C(C)(C)C)cc2)c1. The van der Waals surface area contributed by atoms with Crippen LogP contribution in [-0.2, 0) is 11.2 Å². The van der Waals surface area contributed by atoms with Crippen molar-refractivity contribution in [2.75, 3.05) is 6.26 Å². The number of carbonyl (C=O) groups is 2. The van der Waals surface area contributed by atoms with Gasteiger partial charge in [-0.2, -0.15) is 11.8 Å². The fourth-order valence-corrected chi connectivity index (χ4v) is 2.86. The molecule has 0 aliphatic heterocycles. The summed E-state index contributed by atoms with van der Waals surface area (Å²) in [7, 11) is 0. The summed E-state index contributed by atoms with van der Waals surface area (Å²) in [6.45, 7) is 6.36. The molecule has 0 bridgehead atoms. The average molecular weight is 356 g/mol. The molecular formula is C20H24N2O2S. The van der Waals surface area contributed by atoms with Gasteiger partial charge in [0.1, 0.15) is 0 Å². The third-order valence-electron chi connectivity index (χ3n) is 3.80. The second-order valence-corrected chi connectivity index (χ2v) is 7.74. The Kier molecular flexibility index (Phi) is 6.26. The quantitative estimate of drug-likeness (QED) is 0.816. The molecule has 2 aromatic rings. The topological polar surface area (TPSA) is 58.2 Å². The predicted octanol–water partition coefficient (Wildman–Crippen LogP) is 3.92. The molecule has 2 rings (SSSR count). The lowest BCUT2D eigenvalue weighted by Crippen LogP contribution is -2.41. The summed E-state index contributed by atoms with van der Waals surface area (Å²) in [6, 6.07) is 14.8. The first-order valence-corrected chi connectivity index (χ1v) is 9.50. The van der Waals surface area contributed by atoms with Gasteiger partial charge in [0.2, 0.25) is 0 Å². The van der Waals surface area contributed by atoms with E-state index in [-0.39, 0.29) is 17.2 Å². The summed E-state index contributed by atoms with van der Waals surface area (Å²) in [5.41, 5.74) is 8.21. The fraction of sp³-hybridized carbons (Fsp3) is 0.300. The Morgan fingerprint density at radius 2 is 1.52 bits per heavy atom. The highest BCUT2D eigenvalue weighted by Gasteiger charge is 2.14. The number of thioether (sulfide) groups is 1. The Hall–Kier alpha value is -2.27. The van der Waals surface area contributed by atoms with Crippen molar-refractivity contribution in [1.29, 1.82) is 0 Å². The smallest absolute Gasteiger partial charge is 0.267 e. The first kappa shape index (κ1) is 19.1. The van der Waals surface area contributed by atoms with Crippen LogP contribution < -0.4 is 10.9 Å². The summed E-state index contributed by atoms with van der Waals surface area (Å²) in [6.07, 6.45) is 2.01. The number of hydrogen-bond donors (Lipinski definition) is 2. The molecule has 0 unspecified atom stereocenters. The van der Waals surface area contributed by atoms with Crippen molar-refractivity contribution in [1.82, 2.24) is 10.9 Å². The fourth-order valence-electron chi connectivity index (χ4n) is 2.35. The van der Waals surface area contributed by atoms with Gasteiger partial charge in [-0.15, -0.1) is 0 Å². The summed E-state index contributed by atoms with van der Waals surface area (Å²) >= 11 is 1.69. The molecular weight excluding hydrogens is 332 g/mol. The first-order chi connectivity index (χ1) is 11.8. The van der Waals surface area contributed by atoms with Crippen LogP contribution in [0.3, 0.4) is 0 Å². The third kappa shape index (κ3) is 5.36. The van der Waals surface area contributed by atoms with Crippen LogP contribution in [0.2, 0.25) is 0 Å². The molecule has 0 radical (unpaired) electrons. The number of carbonyl (C=O) groups excluding carboxylic acids is 2. The van der Waals surface area contributed by atoms with Gasteiger partial charge in [0.05, 0.1) is 0 Å². The normalized spacial score (nSPS) is 11.0. The van der Waals surface area contributed by atoms with Crippen LogP contribution in [0, 0.1) is 0 Å². The molecule has 2 N–H and O–H groups in total. The van der Waals surface area contributed by atoms with Gasteiger partial charge in [0.25, 0.3) is 11.8 Å². The zero-order valence-corrected chi connectivity index (χ0v) is 15.9. The maximum Gasteiger partial charge on any atom is 0.269 e. The van der Waals surface area contributed by atoms with Gasteiger partial charge < -0.3 is 0 Å². The number of benzene rings is 2. The second kappa shape index (κ2) is 8.21. The van der Waals surface area contributed by atoms with E-state index in [0.29, 0.717) is 11.1 Å². The Morgan fingerprint density at radius 3 is 2.08 bits per heavy atom. The predicted molar refractivity (Wildman–Crippen MR) is 104 cm³/mol. The lowest BCUT2D eigenvalue weighted by Gasteiger charge is -2.19. The van der Waals surface area contributed by atoms with Gasteiger partial charge in [-0.25, -0.2) is 0 Å². The van der Waals surface area contributed by atoms with Crippen molar-refractivity contribution in [3.8, 4) is 0 Å². The molecule has 2 amide bonds. The highest BCUT2D eigenvalue weighted by atomic mass is 32.2. The molecule has 0 aliphatic rings. The van der Waals surface area contributed by atoms with Gasteiger partial charge >= 0.3 is 0 Å². The van der Waals surface area contributed by atoms with Gasteiger partial charge in [-0.3, -0.25) is 20.4 Å². The van der Waals surface area contributed by atoms with Crippen molar-refractivity contribution in [2.24, 2.45) is 0 Å². The molecule has 0 aliphatic carbocycles. The number of rotatable bonds is 4. The number of hydrazine groups is 1. The zero-order valence-electron chi connectivity index (χ0n) is 15.1. The van der Waals surface area contributed by atoms with Gasteiger partial charge in [0, 0.05) is 16.9 Å². The molecule has 4 nitrogen and oxygen atoms in total. The van der Waals surface area contributed by atoms with E-state index in [1.807, 2.05) is 36.6 Å². The maximum atomic E-state index is 12.2. The van der Waals surface area contributed by atoms with Crippen molar-refractivity contribution >= 4 is 23.6 Å². The summed E-state index contributed by atoms with van der Waals surface area (Å²) < 4.78 is 0. The Labute approximate surface area is 153 Å². The molecule has 2 aromatic carbocycles. The molecule has 0 spiro atoms. The Morgan fingerprint density at radius 1 is 0.920 bits per heavy atom. The largest absolute Gasteiger partial charge is 0.269 e. The van der Waals surface area contributed by atoms with Gasteiger partial charge in [-0.1, -0.05) is 45.0 Å². The highest BCUT2D eigenvalue weighted by molar-refractivity contribution is 7.97. The average Bonchev–Trinajstić information content (AvgIpc) is 2.59. The molecule has 0 heterocycles. The van der Waals surface area contributed by atoms with Gasteiger partial charge in [0.15, 0.2) is 0 Å². The van der Waals surface area contributed by atoms with E-state index in [4.69, 9.17) is 0 Å². The summed E-state index contributed by atoms with van der Waals surface area (Å²) in [5.74, 6) is 0.171. The number of nitrogens with one attached hydrogen (secondary N) is 2. The molecule has 25 heavy (non-hydrogen) atoms. The minimum absolute atomic E-state index is 0.0328. The molecule has 0 saturated heterocycles. The third-order valence-corrected chi connectivity index (χ3v) is 4.42. The highest BCUT2D eigenvalue weighted by Crippen LogP contribution is 2.22. The lowest BCUT2D eigenvalue weighted by atomic mass is 9.87. The summed E-state index contributed by atoms with van der Waals surface area (Å²) in [5, 5.41) is 0. The molecule has 132 valence electrons. The minimum Gasteiger partial charge on any atom is -0.267 e. The molecule has 5 heteroatoms. The molecule has 0 atom stereocenters. The van der Waals surface area contributed by atoms with Crippen molar-refractivity contribution in [3.05, 3.63) is 70.8 Å². The zero-order chi connectivity index (χ0) is 18.4. The Balaban J connectivity index is 1.97. The standard InChI is InChI=1S/C20H24N2O2S/c1-20(2,3)17-10-8-15(9-11-17)18(23)21-22-19(24)16-7-5-6-14(12-16)13-25-4/h5-12H,13H2,1-4H3,(H,21,23)(H,22,24). The second-order valence-electron chi connectivity index (χ2n) is 6.87. The van der Waals surface area contributed by atoms with Crippen LogP contribution >= 0.6 is 11.8 Å². The maximum absolute atomic E-state index is 12.2. The monoisotopic (exact) mass is 356 g/mol. The van der Waals surface area contributed by atoms with Crippen molar-refractivity contribution < 1.29 is 9.59 Å². The van der Waals surface area contributed by atoms with E-state index in [2.05, 4.69) is 31.6 Å². The minimum atomic E-state index is -0.339. The van der Waals surface area contributed by atoms with Crippen LogP contribution in [0.1, 0.15) is 52.6 Å². The number of hydrogen-bond acceptors (Lipinski definition) is 3. The van der Waals surface area contributed by atoms with E-state index in [1.165, 1.54) is 0 Å².